The summed E-state index contributed by atoms with van der Waals surface area (Å²) in [5.41, 5.74) is 8.78. The zero-order chi connectivity index (χ0) is 32.8. The van der Waals surface area contributed by atoms with Gasteiger partial charge >= 0.3 is 0 Å². The van der Waals surface area contributed by atoms with Gasteiger partial charge in [-0.05, 0) is 76.8 Å². The lowest BCUT2D eigenvalue weighted by Crippen LogP contribution is -2.09. The normalized spacial score (nSPS) is 12.0. The third-order valence-electron chi connectivity index (χ3n) is 9.85. The average molecular weight is 659 g/mol. The zero-order valence-electron chi connectivity index (χ0n) is 26.6. The minimum Gasteiger partial charge on any atom is -0.456 e. The lowest BCUT2D eigenvalue weighted by Gasteiger charge is -2.26. The molecule has 11 rings (SSSR count). The van der Waals surface area contributed by atoms with Crippen molar-refractivity contribution in [2.45, 2.75) is 0 Å². The summed E-state index contributed by atoms with van der Waals surface area (Å²) < 4.78 is 13.8. The molecule has 11 aromatic rings. The van der Waals surface area contributed by atoms with E-state index in [1.54, 1.807) is 11.3 Å². The second-order valence-electron chi connectivity index (χ2n) is 12.8. The van der Waals surface area contributed by atoms with Gasteiger partial charge in [-0.3, -0.25) is 0 Å². The van der Waals surface area contributed by atoms with Crippen molar-refractivity contribution in [1.82, 2.24) is 4.98 Å². The molecule has 234 valence electrons. The van der Waals surface area contributed by atoms with Crippen molar-refractivity contribution in [3.63, 3.8) is 0 Å². The molecule has 0 fully saturated rings. The van der Waals surface area contributed by atoms with Crippen LogP contribution >= 0.6 is 11.3 Å². The smallest absolute Gasteiger partial charge is 0.137 e. The van der Waals surface area contributed by atoms with Crippen molar-refractivity contribution in [3.05, 3.63) is 158 Å². The Labute approximate surface area is 290 Å². The second kappa shape index (κ2) is 10.5. The van der Waals surface area contributed by atoms with Gasteiger partial charge < -0.3 is 13.7 Å². The van der Waals surface area contributed by atoms with E-state index >= 15 is 0 Å². The quantitative estimate of drug-likeness (QED) is 0.177. The number of rotatable bonds is 4. The maximum absolute atomic E-state index is 6.38. The molecule has 8 aromatic carbocycles. The molecular formula is C45H26N2O2S. The highest BCUT2D eigenvalue weighted by Gasteiger charge is 2.19. The van der Waals surface area contributed by atoms with E-state index in [-0.39, 0.29) is 0 Å². The Balaban J connectivity index is 1.13. The topological polar surface area (TPSA) is 42.4 Å². The molecule has 0 bridgehead atoms. The molecule has 3 heterocycles. The molecule has 0 aliphatic carbocycles. The summed E-state index contributed by atoms with van der Waals surface area (Å²) in [4.78, 5) is 7.36. The molecule has 0 amide bonds. The van der Waals surface area contributed by atoms with E-state index in [1.165, 1.54) is 26.2 Å². The van der Waals surface area contributed by atoms with Crippen molar-refractivity contribution in [1.29, 1.82) is 0 Å². The number of anilines is 3. The fraction of sp³-hybridized carbons (Fsp3) is 0. The predicted molar refractivity (Wildman–Crippen MR) is 209 cm³/mol. The Bertz CT molecular complexity index is 3120. The van der Waals surface area contributed by atoms with Crippen LogP contribution in [0.3, 0.4) is 0 Å². The minimum atomic E-state index is 0.858. The Morgan fingerprint density at radius 2 is 1.04 bits per heavy atom. The Hall–Kier alpha value is -6.43. The molecule has 0 atom stereocenters. The number of nitrogens with zero attached hydrogens (tertiary/aromatic N) is 2. The molecule has 0 saturated carbocycles. The number of aromatic nitrogens is 1. The molecule has 3 aromatic heterocycles. The van der Waals surface area contributed by atoms with Crippen LogP contribution in [0.1, 0.15) is 0 Å². The van der Waals surface area contributed by atoms with E-state index in [1.807, 2.05) is 30.3 Å². The van der Waals surface area contributed by atoms with Crippen LogP contribution < -0.4 is 4.90 Å². The summed E-state index contributed by atoms with van der Waals surface area (Å²) in [6, 6.07) is 55.5. The van der Waals surface area contributed by atoms with Gasteiger partial charge in [-0.15, -0.1) is 11.3 Å². The van der Waals surface area contributed by atoms with E-state index in [0.717, 1.165) is 77.0 Å². The third-order valence-corrected chi connectivity index (χ3v) is 11.0. The van der Waals surface area contributed by atoms with Gasteiger partial charge in [0.25, 0.3) is 0 Å². The number of thiazole rings is 1. The molecule has 0 spiro atoms. The highest BCUT2D eigenvalue weighted by Crippen LogP contribution is 2.44. The minimum absolute atomic E-state index is 0.858. The summed E-state index contributed by atoms with van der Waals surface area (Å²) in [5.74, 6) is 0. The molecule has 0 saturated heterocycles. The van der Waals surface area contributed by atoms with Crippen LogP contribution in [0.2, 0.25) is 0 Å². The number of furan rings is 2. The molecule has 0 aliphatic heterocycles. The Kier molecular flexibility index (Phi) is 5.80. The molecule has 0 radical (unpaired) electrons. The zero-order valence-corrected chi connectivity index (χ0v) is 27.4. The lowest BCUT2D eigenvalue weighted by molar-refractivity contribution is 0.668. The number of para-hydroxylation sites is 2. The highest BCUT2D eigenvalue weighted by molar-refractivity contribution is 7.22. The molecule has 4 nitrogen and oxygen atoms in total. The van der Waals surface area contributed by atoms with E-state index < -0.39 is 0 Å². The summed E-state index contributed by atoms with van der Waals surface area (Å²) in [7, 11) is 0. The lowest BCUT2D eigenvalue weighted by atomic mass is 10.0. The summed E-state index contributed by atoms with van der Waals surface area (Å²) in [6.07, 6.45) is 0. The van der Waals surface area contributed by atoms with Gasteiger partial charge in [0.15, 0.2) is 0 Å². The van der Waals surface area contributed by atoms with Crippen LogP contribution in [0.5, 0.6) is 0 Å². The number of hydrogen-bond donors (Lipinski definition) is 0. The van der Waals surface area contributed by atoms with E-state index in [9.17, 15) is 0 Å². The van der Waals surface area contributed by atoms with Gasteiger partial charge in [-0.25, -0.2) is 4.98 Å². The first kappa shape index (κ1) is 27.5. The fourth-order valence-electron chi connectivity index (χ4n) is 7.52. The van der Waals surface area contributed by atoms with E-state index in [0.29, 0.717) is 0 Å². The summed E-state index contributed by atoms with van der Waals surface area (Å²) in [6.45, 7) is 0. The highest BCUT2D eigenvalue weighted by atomic mass is 32.1. The monoisotopic (exact) mass is 658 g/mol. The van der Waals surface area contributed by atoms with Crippen molar-refractivity contribution in [2.75, 3.05) is 4.90 Å². The summed E-state index contributed by atoms with van der Waals surface area (Å²) in [5, 5.41) is 10.3. The average Bonchev–Trinajstić information content (AvgIpc) is 3.88. The first-order valence-electron chi connectivity index (χ1n) is 16.7. The second-order valence-corrected chi connectivity index (χ2v) is 13.8. The van der Waals surface area contributed by atoms with Gasteiger partial charge in [0, 0.05) is 55.6 Å². The van der Waals surface area contributed by atoms with Crippen LogP contribution in [0.15, 0.2) is 167 Å². The fourth-order valence-corrected chi connectivity index (χ4v) is 8.66. The van der Waals surface area contributed by atoms with Gasteiger partial charge in [-0.2, -0.15) is 0 Å². The van der Waals surface area contributed by atoms with E-state index in [2.05, 4.69) is 132 Å². The van der Waals surface area contributed by atoms with E-state index in [4.69, 9.17) is 13.8 Å². The van der Waals surface area contributed by atoms with Crippen LogP contribution in [0, 0.1) is 0 Å². The molecule has 50 heavy (non-hydrogen) atoms. The molecule has 0 N–H and O–H groups in total. The van der Waals surface area contributed by atoms with Crippen LogP contribution in [0.4, 0.5) is 17.1 Å². The number of hydrogen-bond acceptors (Lipinski definition) is 5. The summed E-state index contributed by atoms with van der Waals surface area (Å²) >= 11 is 1.76. The third kappa shape index (κ3) is 4.14. The Morgan fingerprint density at radius 3 is 1.88 bits per heavy atom. The number of benzene rings is 8. The van der Waals surface area contributed by atoms with Crippen molar-refractivity contribution < 1.29 is 8.83 Å². The van der Waals surface area contributed by atoms with Crippen molar-refractivity contribution in [2.24, 2.45) is 0 Å². The first-order valence-corrected chi connectivity index (χ1v) is 17.5. The SMILES string of the molecule is c1ccc(-c2nc3ccc4ccc5cc(N(c6ccc7c(c6)oc6ccccc67)c6ccc7oc8ccccc8c7c6)ccc5c4c3s2)cc1. The number of fused-ring (bicyclic) bond motifs is 11. The van der Waals surface area contributed by atoms with Gasteiger partial charge in [0.1, 0.15) is 27.3 Å². The van der Waals surface area contributed by atoms with Gasteiger partial charge in [0.05, 0.1) is 10.2 Å². The maximum atomic E-state index is 6.38. The van der Waals surface area contributed by atoms with Gasteiger partial charge in [-0.1, -0.05) is 91.0 Å². The van der Waals surface area contributed by atoms with Gasteiger partial charge in [0.2, 0.25) is 0 Å². The molecule has 0 aliphatic rings. The van der Waals surface area contributed by atoms with Crippen LogP contribution in [-0.4, -0.2) is 4.98 Å². The first-order chi connectivity index (χ1) is 24.7. The van der Waals surface area contributed by atoms with Crippen molar-refractivity contribution >= 4 is 104 Å². The maximum Gasteiger partial charge on any atom is 0.137 e. The molecule has 5 heteroatoms. The Morgan fingerprint density at radius 1 is 0.440 bits per heavy atom. The molecular weight excluding hydrogens is 633 g/mol. The van der Waals surface area contributed by atoms with Crippen molar-refractivity contribution in [3.8, 4) is 10.6 Å². The largest absolute Gasteiger partial charge is 0.456 e. The molecule has 0 unspecified atom stereocenters. The van der Waals surface area contributed by atoms with Crippen LogP contribution in [-0.2, 0) is 0 Å². The predicted octanol–water partition coefficient (Wildman–Crippen LogP) is 13.5. The van der Waals surface area contributed by atoms with Crippen LogP contribution in [0.25, 0.3) is 86.2 Å². The standard InChI is InChI=1S/C45H26N2O2S/c1-2-8-28(9-3-1)45-46-38-22-16-27-14-15-29-24-30(17-20-33(29)43(27)44(38)50-45)47(31-19-23-41-37(25-31)35-11-5-7-13-40(35)48-41)32-18-21-36-34-10-4-6-12-39(34)49-42(36)26-32/h1-26H.